The number of anilines is 2. The number of benzene rings is 2. The third-order valence-electron chi connectivity index (χ3n) is 5.21. The molecule has 0 aromatic heterocycles. The monoisotopic (exact) mass is 426 g/mol. The predicted octanol–water partition coefficient (Wildman–Crippen LogP) is 2.94. The molecule has 1 unspecified atom stereocenters. The van der Waals surface area contributed by atoms with E-state index in [2.05, 4.69) is 10.6 Å². The van der Waals surface area contributed by atoms with Gasteiger partial charge in [-0.3, -0.25) is 19.7 Å². The number of hydrogen-bond acceptors (Lipinski definition) is 6. The predicted molar refractivity (Wildman–Crippen MR) is 118 cm³/mol. The van der Waals surface area contributed by atoms with Gasteiger partial charge in [0.25, 0.3) is 11.6 Å². The van der Waals surface area contributed by atoms with E-state index in [1.54, 1.807) is 30.0 Å². The summed E-state index contributed by atoms with van der Waals surface area (Å²) in [5, 5.41) is 16.9. The Morgan fingerprint density at radius 3 is 2.68 bits per heavy atom. The summed E-state index contributed by atoms with van der Waals surface area (Å²) in [6, 6.07) is 10.2. The zero-order valence-electron chi connectivity index (χ0n) is 17.8. The van der Waals surface area contributed by atoms with Crippen LogP contribution in [0, 0.1) is 24.0 Å². The Morgan fingerprint density at radius 2 is 1.97 bits per heavy atom. The lowest BCUT2D eigenvalue weighted by Crippen LogP contribution is -2.50. The lowest BCUT2D eigenvalue weighted by atomic mass is 10.1. The maximum atomic E-state index is 12.9. The second-order valence-corrected chi connectivity index (χ2v) is 7.45. The third-order valence-corrected chi connectivity index (χ3v) is 5.21. The molecular formula is C22H26N4O5. The van der Waals surface area contributed by atoms with E-state index in [1.807, 2.05) is 26.0 Å². The van der Waals surface area contributed by atoms with Gasteiger partial charge in [-0.05, 0) is 43.5 Å². The molecule has 164 valence electrons. The van der Waals surface area contributed by atoms with Crippen LogP contribution in [0.4, 0.5) is 17.1 Å². The maximum absolute atomic E-state index is 12.9. The Balaban J connectivity index is 1.81. The van der Waals surface area contributed by atoms with Gasteiger partial charge in [0.1, 0.15) is 11.4 Å². The van der Waals surface area contributed by atoms with Gasteiger partial charge in [0.05, 0.1) is 23.7 Å². The standard InChI is InChI=1S/C22H26N4O5/c1-4-11-23-22(28)19-12-25(16-7-5-6-8-18(16)31-19)13-20(27)24-21-15(3)14(2)9-10-17(21)26(29)30/h5-10,19H,4,11-13H2,1-3H3,(H,23,28)(H,24,27). The van der Waals surface area contributed by atoms with E-state index in [0.29, 0.717) is 23.5 Å². The van der Waals surface area contributed by atoms with Crippen molar-refractivity contribution in [3.63, 3.8) is 0 Å². The Kier molecular flexibility index (Phi) is 6.74. The highest BCUT2D eigenvalue weighted by Gasteiger charge is 2.31. The number of hydrogen-bond donors (Lipinski definition) is 2. The van der Waals surface area contributed by atoms with E-state index in [-0.39, 0.29) is 30.4 Å². The highest BCUT2D eigenvalue weighted by Crippen LogP contribution is 2.34. The van der Waals surface area contributed by atoms with Gasteiger partial charge in [-0.25, -0.2) is 0 Å². The van der Waals surface area contributed by atoms with Gasteiger partial charge in [-0.15, -0.1) is 0 Å². The fraction of sp³-hybridized carbons (Fsp3) is 0.364. The third kappa shape index (κ3) is 4.93. The van der Waals surface area contributed by atoms with Crippen molar-refractivity contribution in [3.05, 3.63) is 57.6 Å². The Hall–Kier alpha value is -3.62. The molecule has 0 bridgehead atoms. The summed E-state index contributed by atoms with van der Waals surface area (Å²) in [5.41, 5.74) is 2.20. The number of carbonyl (C=O) groups is 2. The summed E-state index contributed by atoms with van der Waals surface area (Å²) >= 11 is 0. The van der Waals surface area contributed by atoms with Gasteiger partial charge in [0, 0.05) is 12.6 Å². The first-order valence-corrected chi connectivity index (χ1v) is 10.1. The summed E-state index contributed by atoms with van der Waals surface area (Å²) in [5.74, 6) is -0.149. The van der Waals surface area contributed by atoms with Crippen LogP contribution in [0.25, 0.3) is 0 Å². The van der Waals surface area contributed by atoms with E-state index in [1.165, 1.54) is 6.07 Å². The lowest BCUT2D eigenvalue weighted by molar-refractivity contribution is -0.384. The van der Waals surface area contributed by atoms with Crippen LogP contribution in [0.5, 0.6) is 5.75 Å². The number of nitrogens with one attached hydrogen (secondary N) is 2. The van der Waals surface area contributed by atoms with E-state index in [4.69, 9.17) is 4.74 Å². The number of amides is 2. The molecule has 9 nitrogen and oxygen atoms in total. The van der Waals surface area contributed by atoms with Gasteiger partial charge < -0.3 is 20.3 Å². The molecule has 31 heavy (non-hydrogen) atoms. The minimum Gasteiger partial charge on any atom is -0.477 e. The van der Waals surface area contributed by atoms with Gasteiger partial charge in [0.15, 0.2) is 6.10 Å². The van der Waals surface area contributed by atoms with E-state index < -0.39 is 16.9 Å². The molecule has 2 amide bonds. The van der Waals surface area contributed by atoms with Crippen LogP contribution in [-0.4, -0.2) is 42.5 Å². The van der Waals surface area contributed by atoms with Crippen molar-refractivity contribution in [2.45, 2.75) is 33.3 Å². The van der Waals surface area contributed by atoms with Crippen LogP contribution in [-0.2, 0) is 9.59 Å². The zero-order valence-corrected chi connectivity index (χ0v) is 17.8. The van der Waals surface area contributed by atoms with Crippen molar-refractivity contribution < 1.29 is 19.2 Å². The molecule has 9 heteroatoms. The molecule has 1 aliphatic heterocycles. The molecule has 1 atom stereocenters. The molecule has 2 aromatic rings. The average Bonchev–Trinajstić information content (AvgIpc) is 2.75. The molecule has 0 saturated carbocycles. The number of nitro benzene ring substituents is 1. The van der Waals surface area contributed by atoms with Crippen molar-refractivity contribution in [3.8, 4) is 5.75 Å². The van der Waals surface area contributed by atoms with Crippen molar-refractivity contribution >= 4 is 28.9 Å². The number of aryl methyl sites for hydroxylation is 1. The molecule has 0 aliphatic carbocycles. The molecule has 1 aliphatic rings. The normalized spacial score (nSPS) is 14.9. The van der Waals surface area contributed by atoms with Crippen LogP contribution in [0.15, 0.2) is 36.4 Å². The highest BCUT2D eigenvalue weighted by atomic mass is 16.6. The SMILES string of the molecule is CCCNC(=O)C1CN(CC(=O)Nc2c([N+](=O)[O-])ccc(C)c2C)c2ccccc2O1. The number of nitrogens with zero attached hydrogens (tertiary/aromatic N) is 2. The second kappa shape index (κ2) is 9.46. The summed E-state index contributed by atoms with van der Waals surface area (Å²) < 4.78 is 5.83. The van der Waals surface area contributed by atoms with Gasteiger partial charge >= 0.3 is 0 Å². The Morgan fingerprint density at radius 1 is 1.23 bits per heavy atom. The van der Waals surface area contributed by atoms with Crippen molar-refractivity contribution in [2.24, 2.45) is 0 Å². The minimum absolute atomic E-state index is 0.0809. The fourth-order valence-electron chi connectivity index (χ4n) is 3.42. The molecule has 0 spiro atoms. The van der Waals surface area contributed by atoms with Crippen LogP contribution < -0.4 is 20.3 Å². The molecule has 1 heterocycles. The Labute approximate surface area is 180 Å². The van der Waals surface area contributed by atoms with Crippen LogP contribution in [0.3, 0.4) is 0 Å². The summed E-state index contributed by atoms with van der Waals surface area (Å²) in [6.45, 7) is 6.16. The molecular weight excluding hydrogens is 400 g/mol. The van der Waals surface area contributed by atoms with Gasteiger partial charge in [-0.1, -0.05) is 25.1 Å². The number of fused-ring (bicyclic) bond motifs is 1. The van der Waals surface area contributed by atoms with E-state index in [0.717, 1.165) is 12.0 Å². The van der Waals surface area contributed by atoms with Gasteiger partial charge in [-0.2, -0.15) is 0 Å². The summed E-state index contributed by atoms with van der Waals surface area (Å²) in [7, 11) is 0. The largest absolute Gasteiger partial charge is 0.477 e. The molecule has 2 N–H and O–H groups in total. The first-order chi connectivity index (χ1) is 14.8. The quantitative estimate of drug-likeness (QED) is 0.520. The number of ether oxygens (including phenoxy) is 1. The molecule has 3 rings (SSSR count). The van der Waals surface area contributed by atoms with Crippen molar-refractivity contribution in [1.82, 2.24) is 5.32 Å². The smallest absolute Gasteiger partial charge is 0.293 e. The fourth-order valence-corrected chi connectivity index (χ4v) is 3.42. The Bertz CT molecular complexity index is 1010. The number of nitro groups is 1. The van der Waals surface area contributed by atoms with E-state index >= 15 is 0 Å². The first-order valence-electron chi connectivity index (χ1n) is 10.1. The molecule has 0 fully saturated rings. The highest BCUT2D eigenvalue weighted by molar-refractivity contribution is 5.97. The van der Waals surface area contributed by atoms with Crippen LogP contribution >= 0.6 is 0 Å². The summed E-state index contributed by atoms with van der Waals surface area (Å²) in [6.07, 6.45) is 0.0415. The number of rotatable bonds is 7. The zero-order chi connectivity index (χ0) is 22.5. The summed E-state index contributed by atoms with van der Waals surface area (Å²) in [4.78, 5) is 38.0. The molecule has 0 radical (unpaired) electrons. The molecule has 2 aromatic carbocycles. The van der Waals surface area contributed by atoms with Gasteiger partial charge in [0.2, 0.25) is 5.91 Å². The second-order valence-electron chi connectivity index (χ2n) is 7.45. The first kappa shape index (κ1) is 22.1. The maximum Gasteiger partial charge on any atom is 0.293 e. The van der Waals surface area contributed by atoms with Crippen molar-refractivity contribution in [1.29, 1.82) is 0 Å². The minimum atomic E-state index is -0.760. The number of carbonyl (C=O) groups excluding carboxylic acids is 2. The number of para-hydroxylation sites is 2. The van der Waals surface area contributed by atoms with E-state index in [9.17, 15) is 19.7 Å². The molecule has 0 saturated heterocycles. The lowest BCUT2D eigenvalue weighted by Gasteiger charge is -2.35. The topological polar surface area (TPSA) is 114 Å². The average molecular weight is 426 g/mol. The van der Waals surface area contributed by atoms with Crippen LogP contribution in [0.2, 0.25) is 0 Å². The van der Waals surface area contributed by atoms with Crippen molar-refractivity contribution in [2.75, 3.05) is 29.9 Å². The van der Waals surface area contributed by atoms with Crippen LogP contribution in [0.1, 0.15) is 24.5 Å².